The average molecular weight is 466 g/mol. The fourth-order valence-corrected chi connectivity index (χ4v) is 9.19. The lowest BCUT2D eigenvalue weighted by Crippen LogP contribution is -2.52. The number of ketones is 1. The summed E-state index contributed by atoms with van der Waals surface area (Å²) in [5.74, 6) is 4.08. The Morgan fingerprint density at radius 3 is 2.85 bits per heavy atom. The first-order chi connectivity index (χ1) is 16.4. The second-order valence-corrected chi connectivity index (χ2v) is 12.2. The second kappa shape index (κ2) is 8.41. The topological polar surface area (TPSA) is 77.2 Å². The van der Waals surface area contributed by atoms with Gasteiger partial charge in [0.2, 0.25) is 0 Å². The van der Waals surface area contributed by atoms with Gasteiger partial charge in [0, 0.05) is 19.2 Å². The van der Waals surface area contributed by atoms with E-state index in [9.17, 15) is 9.90 Å². The molecule has 0 spiro atoms. The number of rotatable bonds is 5. The Kier molecular flexibility index (Phi) is 5.60. The molecule has 0 aromatic carbocycles. The summed E-state index contributed by atoms with van der Waals surface area (Å²) in [6, 6.07) is 3.92. The molecule has 4 fully saturated rings. The van der Waals surface area contributed by atoms with Gasteiger partial charge in [-0.25, -0.2) is 0 Å². The van der Waals surface area contributed by atoms with Crippen LogP contribution in [0.2, 0.25) is 0 Å². The normalized spacial score (nSPS) is 41.6. The van der Waals surface area contributed by atoms with E-state index in [4.69, 9.17) is 4.74 Å². The summed E-state index contributed by atoms with van der Waals surface area (Å²) in [4.78, 5) is 18.0. The molecule has 4 aliphatic rings. The molecule has 4 aliphatic carbocycles. The quantitative estimate of drug-likeness (QED) is 0.696. The molecular formula is C28H39N3O3. The van der Waals surface area contributed by atoms with Crippen molar-refractivity contribution in [3.63, 3.8) is 0 Å². The first-order valence-corrected chi connectivity index (χ1v) is 13.4. The summed E-state index contributed by atoms with van der Waals surface area (Å²) in [5, 5.41) is 15.5. The van der Waals surface area contributed by atoms with Crippen LogP contribution in [0.4, 0.5) is 0 Å². The van der Waals surface area contributed by atoms with E-state index < -0.39 is 5.60 Å². The molecule has 0 radical (unpaired) electrons. The fourth-order valence-electron chi connectivity index (χ4n) is 9.19. The zero-order chi connectivity index (χ0) is 23.5. The molecule has 0 saturated heterocycles. The number of nitrogens with zero attached hydrogens (tertiary/aromatic N) is 3. The summed E-state index contributed by atoms with van der Waals surface area (Å²) < 4.78 is 7.19. The molecule has 0 bridgehead atoms. The Morgan fingerprint density at radius 1 is 1.15 bits per heavy atom. The Morgan fingerprint density at radius 2 is 2.00 bits per heavy atom. The van der Waals surface area contributed by atoms with Crippen molar-refractivity contribution in [1.82, 2.24) is 14.8 Å². The van der Waals surface area contributed by atoms with E-state index in [1.165, 1.54) is 32.1 Å². The molecular weight excluding hydrogens is 426 g/mol. The molecule has 4 saturated carbocycles. The minimum Gasteiger partial charge on any atom is -0.387 e. The van der Waals surface area contributed by atoms with Gasteiger partial charge < -0.3 is 9.84 Å². The summed E-state index contributed by atoms with van der Waals surface area (Å²) in [6.45, 7) is 3.26. The number of ether oxygens (including phenoxy) is 1. The lowest BCUT2D eigenvalue weighted by atomic mass is 9.49. The second-order valence-electron chi connectivity index (χ2n) is 12.2. The summed E-state index contributed by atoms with van der Waals surface area (Å²) in [5.41, 5.74) is 1.30. The third-order valence-electron chi connectivity index (χ3n) is 10.6. The first-order valence-electron chi connectivity index (χ1n) is 13.4. The van der Waals surface area contributed by atoms with Gasteiger partial charge in [0.1, 0.15) is 12.1 Å². The molecule has 2 aromatic rings. The van der Waals surface area contributed by atoms with Crippen LogP contribution in [0.25, 0.3) is 11.0 Å². The molecule has 184 valence electrons. The van der Waals surface area contributed by atoms with Crippen LogP contribution >= 0.6 is 0 Å². The molecule has 0 amide bonds. The molecule has 34 heavy (non-hydrogen) atoms. The molecule has 1 N–H and O–H groups in total. The third-order valence-corrected chi connectivity index (χ3v) is 10.6. The highest BCUT2D eigenvalue weighted by atomic mass is 16.5. The van der Waals surface area contributed by atoms with Gasteiger partial charge in [-0.1, -0.05) is 6.92 Å². The van der Waals surface area contributed by atoms with E-state index in [2.05, 4.69) is 17.0 Å². The van der Waals surface area contributed by atoms with Gasteiger partial charge in [0.25, 0.3) is 0 Å². The maximum Gasteiger partial charge on any atom is 0.157 e. The average Bonchev–Trinajstić information content (AvgIpc) is 3.39. The number of carbonyl (C=O) groups is 1. The highest BCUT2D eigenvalue weighted by molar-refractivity contribution is 5.84. The number of carbonyl (C=O) groups excluding carboxylic acids is 1. The maximum atomic E-state index is 13.6. The number of methoxy groups -OCH3 is 1. The minimum atomic E-state index is -0.622. The summed E-state index contributed by atoms with van der Waals surface area (Å²) in [6.07, 6.45) is 13.6. The van der Waals surface area contributed by atoms with Gasteiger partial charge in [-0.05, 0) is 105 Å². The van der Waals surface area contributed by atoms with Crippen LogP contribution in [0, 0.1) is 40.9 Å². The van der Waals surface area contributed by atoms with E-state index in [0.29, 0.717) is 30.8 Å². The fraction of sp³-hybridized carbons (Fsp3) is 0.750. The molecule has 2 aromatic heterocycles. The van der Waals surface area contributed by atoms with Crippen molar-refractivity contribution < 1.29 is 14.6 Å². The number of aromatic nitrogens is 3. The van der Waals surface area contributed by atoms with E-state index in [1.54, 1.807) is 19.5 Å². The highest BCUT2D eigenvalue weighted by Gasteiger charge is 2.59. The number of pyridine rings is 1. The van der Waals surface area contributed by atoms with Crippen molar-refractivity contribution in [1.29, 1.82) is 0 Å². The molecule has 0 aliphatic heterocycles. The van der Waals surface area contributed by atoms with Crippen molar-refractivity contribution in [2.75, 3.05) is 13.7 Å². The molecule has 0 unspecified atom stereocenters. The van der Waals surface area contributed by atoms with Crippen LogP contribution in [0.3, 0.4) is 0 Å². The Bertz CT molecular complexity index is 1070. The van der Waals surface area contributed by atoms with E-state index in [1.807, 2.05) is 16.8 Å². The maximum absolute atomic E-state index is 13.6. The van der Waals surface area contributed by atoms with Gasteiger partial charge in [-0.2, -0.15) is 5.10 Å². The van der Waals surface area contributed by atoms with Crippen LogP contribution in [-0.2, 0) is 16.1 Å². The van der Waals surface area contributed by atoms with Crippen molar-refractivity contribution in [2.24, 2.45) is 40.9 Å². The van der Waals surface area contributed by atoms with Gasteiger partial charge >= 0.3 is 0 Å². The van der Waals surface area contributed by atoms with Crippen LogP contribution in [0.1, 0.15) is 64.7 Å². The largest absolute Gasteiger partial charge is 0.387 e. The third kappa shape index (κ3) is 3.55. The van der Waals surface area contributed by atoms with Crippen molar-refractivity contribution in [2.45, 2.75) is 76.9 Å². The van der Waals surface area contributed by atoms with Gasteiger partial charge in [-0.15, -0.1) is 0 Å². The van der Waals surface area contributed by atoms with Crippen molar-refractivity contribution in [3.8, 4) is 0 Å². The van der Waals surface area contributed by atoms with Gasteiger partial charge in [0.05, 0.1) is 23.9 Å². The summed E-state index contributed by atoms with van der Waals surface area (Å²) in [7, 11) is 1.70. The predicted octanol–water partition coefficient (Wildman–Crippen LogP) is 4.65. The number of aliphatic hydroxyl groups is 1. The smallest absolute Gasteiger partial charge is 0.157 e. The predicted molar refractivity (Wildman–Crippen MR) is 130 cm³/mol. The molecule has 6 nitrogen and oxygen atoms in total. The minimum absolute atomic E-state index is 0.123. The Labute approximate surface area is 202 Å². The zero-order valence-electron chi connectivity index (χ0n) is 20.7. The lowest BCUT2D eigenvalue weighted by molar-refractivity contribution is -0.136. The van der Waals surface area contributed by atoms with E-state index in [-0.39, 0.29) is 11.3 Å². The first kappa shape index (κ1) is 22.7. The van der Waals surface area contributed by atoms with E-state index >= 15 is 0 Å². The number of fused-ring (bicyclic) bond motifs is 6. The lowest BCUT2D eigenvalue weighted by Gasteiger charge is -2.57. The molecule has 6 rings (SSSR count). The standard InChI is InChI=1S/C28H39N3O3/c1-27-11-9-20-19-10-12-28(33,17-34-2)14-18(19)5-6-21(20)22(27)7-8-23(27)26(32)16-31-25-4-3-13-29-24(25)15-30-31/h3-4,13,15,18-23,33H,5-12,14,16-17H2,1-2H3/t18-,19-,20+,21+,22-,23+,27-,28+/m0/s1. The molecule has 8 atom stereocenters. The van der Waals surface area contributed by atoms with Crippen LogP contribution in [0.5, 0.6) is 0 Å². The Hall–Kier alpha value is -1.79. The molecule has 2 heterocycles. The van der Waals surface area contributed by atoms with Crippen LogP contribution < -0.4 is 0 Å². The summed E-state index contributed by atoms with van der Waals surface area (Å²) >= 11 is 0. The van der Waals surface area contributed by atoms with Gasteiger partial charge in [0.15, 0.2) is 5.78 Å². The van der Waals surface area contributed by atoms with Gasteiger partial charge in [-0.3, -0.25) is 14.5 Å². The van der Waals surface area contributed by atoms with E-state index in [0.717, 1.165) is 54.5 Å². The van der Waals surface area contributed by atoms with Crippen LogP contribution in [0.15, 0.2) is 24.5 Å². The zero-order valence-corrected chi connectivity index (χ0v) is 20.7. The van der Waals surface area contributed by atoms with Crippen molar-refractivity contribution in [3.05, 3.63) is 24.5 Å². The SMILES string of the molecule is COC[C@@]1(O)CC[C@H]2[C@@H](CC[C@@H]3[C@@H]2CC[C@]2(C)[C@@H](C(=O)Cn4ncc5ncccc54)CC[C@@H]32)C1. The highest BCUT2D eigenvalue weighted by Crippen LogP contribution is 2.64. The van der Waals surface area contributed by atoms with Crippen molar-refractivity contribution >= 4 is 16.8 Å². The number of hydrogen-bond acceptors (Lipinski definition) is 5. The monoisotopic (exact) mass is 465 g/mol. The number of hydrogen-bond donors (Lipinski definition) is 1. The molecule has 6 heteroatoms. The number of Topliss-reactive ketones (excluding diaryl/α,β-unsaturated/α-hetero) is 1. The van der Waals surface area contributed by atoms with Crippen LogP contribution in [-0.4, -0.2) is 45.0 Å². The Balaban J connectivity index is 1.17.